The Labute approximate surface area is 289 Å². The first-order valence-corrected chi connectivity index (χ1v) is 21.3. The molecular weight excluding hydrogens is 611 g/mol. The van der Waals surface area contributed by atoms with Gasteiger partial charge in [0.1, 0.15) is 11.3 Å². The first kappa shape index (κ1) is 44.4. The van der Waals surface area contributed by atoms with Crippen LogP contribution in [0.4, 0.5) is 0 Å². The second-order valence-corrected chi connectivity index (χ2v) is 14.5. The summed E-state index contributed by atoms with van der Waals surface area (Å²) in [5.74, 6) is -0.746. The monoisotopic (exact) mass is 679 g/mol. The largest absolute Gasteiger partial charge is 0.620 e. The molecule has 0 aromatic heterocycles. The van der Waals surface area contributed by atoms with Gasteiger partial charge in [-0.15, -0.1) is 0 Å². The van der Waals surface area contributed by atoms with Crippen molar-refractivity contribution in [3.8, 4) is 5.40 Å². The third kappa shape index (κ3) is 35.3. The quantitative estimate of drug-likeness (QED) is 0.0217. The number of nitrogens with zero attached hydrogens (tertiary/aromatic N) is 1. The summed E-state index contributed by atoms with van der Waals surface area (Å²) in [6, 6.07) is 0. The van der Waals surface area contributed by atoms with E-state index in [2.05, 4.69) is 38.2 Å². The van der Waals surface area contributed by atoms with Gasteiger partial charge < -0.3 is 13.3 Å². The minimum Gasteiger partial charge on any atom is -0.467 e. The summed E-state index contributed by atoms with van der Waals surface area (Å²) in [7, 11) is -2.96. The Morgan fingerprint density at radius 2 is 0.870 bits per heavy atom. The van der Waals surface area contributed by atoms with Gasteiger partial charge in [0.05, 0.1) is 0 Å². The summed E-state index contributed by atoms with van der Waals surface area (Å²) in [5.41, 5.74) is 0. The van der Waals surface area contributed by atoms with Crippen LogP contribution in [0.25, 0.3) is 0 Å². The topological polar surface area (TPSA) is 85.6 Å². The number of carbonyl (C=O) groups is 2. The van der Waals surface area contributed by atoms with Crippen molar-refractivity contribution in [2.45, 2.75) is 194 Å². The first-order valence-electron chi connectivity index (χ1n) is 18.9. The fourth-order valence-corrected chi connectivity index (χ4v) is 6.84. The molecule has 6 nitrogen and oxygen atoms in total. The van der Waals surface area contributed by atoms with Gasteiger partial charge in [0.25, 0.3) is 11.9 Å². The minimum atomic E-state index is -2.96. The molecule has 0 saturated heterocycles. The third-order valence-corrected chi connectivity index (χ3v) is 10.0. The molecule has 0 saturated carbocycles. The van der Waals surface area contributed by atoms with Crippen molar-refractivity contribution in [1.29, 1.82) is 5.26 Å². The molecule has 0 atom stereocenters. The molecule has 0 aliphatic rings. The van der Waals surface area contributed by atoms with Crippen LogP contribution in [-0.4, -0.2) is 27.4 Å². The highest BCUT2D eigenvalue weighted by Gasteiger charge is 2.25. The average molecular weight is 680 g/mol. The summed E-state index contributed by atoms with van der Waals surface area (Å²) in [4.78, 5) is 24.7. The zero-order valence-corrected chi connectivity index (χ0v) is 31.8. The van der Waals surface area contributed by atoms with E-state index in [0.29, 0.717) is 12.8 Å². The van der Waals surface area contributed by atoms with Gasteiger partial charge in [-0.1, -0.05) is 141 Å². The summed E-state index contributed by atoms with van der Waals surface area (Å²) in [6.07, 6.45) is 41.0. The molecule has 0 aromatic carbocycles. The zero-order chi connectivity index (χ0) is 33.6. The molecule has 0 aliphatic carbocycles. The van der Waals surface area contributed by atoms with Crippen molar-refractivity contribution in [3.05, 3.63) is 24.3 Å². The molecule has 0 heterocycles. The molecule has 0 N–H and O–H groups in total. The second kappa shape index (κ2) is 37.9. The van der Waals surface area contributed by atoms with Crippen LogP contribution in [0.5, 0.6) is 0 Å². The van der Waals surface area contributed by atoms with Gasteiger partial charge in [-0.2, -0.15) is 5.26 Å². The maximum absolute atomic E-state index is 12.4. The molecule has 0 amide bonds. The third-order valence-electron chi connectivity index (χ3n) is 8.07. The lowest BCUT2D eigenvalue weighted by molar-refractivity contribution is -0.143. The molecule has 8 heteroatoms. The first-order chi connectivity index (χ1) is 22.6. The highest BCUT2D eigenvalue weighted by atomic mass is 32.2. The van der Waals surface area contributed by atoms with E-state index in [1.54, 1.807) is 0 Å². The summed E-state index contributed by atoms with van der Waals surface area (Å²) >= 11 is 0.895. The lowest BCUT2D eigenvalue weighted by atomic mass is 10.1. The fraction of sp³-hybridized carbons (Fsp3) is 0.816. The Kier molecular flexibility index (Phi) is 36.6. The Morgan fingerprint density at radius 3 is 1.22 bits per heavy atom. The van der Waals surface area contributed by atoms with Crippen LogP contribution < -0.4 is 0 Å². The number of hydrogen-bond acceptors (Lipinski definition) is 7. The summed E-state index contributed by atoms with van der Waals surface area (Å²) in [5, 5.41) is 10.7. The van der Waals surface area contributed by atoms with Crippen LogP contribution in [0.2, 0.25) is 0 Å². The zero-order valence-electron chi connectivity index (χ0n) is 29.8. The number of allylic oxidation sites excluding steroid dienone is 4. The molecular formula is C38H69NO5SSi. The van der Waals surface area contributed by atoms with Gasteiger partial charge in [-0.05, 0) is 76.0 Å². The highest BCUT2D eigenvalue weighted by Crippen LogP contribution is 2.13. The Balaban J connectivity index is 3.88. The maximum atomic E-state index is 12.4. The standard InChI is InChI=1S/C38H69NO5SSi/c1-3-5-7-9-11-13-15-17-19-21-23-25-27-29-31-33-37(40)43-46(42-36-45-35-39)44-38(41)34-32-30-28-26-24-22-20-18-16-14-12-10-8-6-4-2/h17-20,46H,3-16,21-34,36H2,1-2H3/b19-17-,20-18-. The molecule has 46 heavy (non-hydrogen) atoms. The normalized spacial score (nSPS) is 11.5. The average Bonchev–Trinajstić information content (AvgIpc) is 3.04. The van der Waals surface area contributed by atoms with Crippen LogP contribution in [0, 0.1) is 10.7 Å². The molecule has 0 spiro atoms. The van der Waals surface area contributed by atoms with Crippen LogP contribution in [-0.2, 0) is 22.9 Å². The predicted molar refractivity (Wildman–Crippen MR) is 197 cm³/mol. The van der Waals surface area contributed by atoms with E-state index in [0.717, 1.165) is 76.0 Å². The number of rotatable bonds is 35. The molecule has 0 bridgehead atoms. The predicted octanol–water partition coefficient (Wildman–Crippen LogP) is 12.1. The number of carbonyl (C=O) groups excluding carboxylic acids is 2. The number of unbranched alkanes of at least 4 members (excludes halogenated alkanes) is 22. The summed E-state index contributed by atoms with van der Waals surface area (Å²) in [6.45, 7) is 4.51. The van der Waals surface area contributed by atoms with Crippen molar-refractivity contribution in [2.75, 3.05) is 5.94 Å². The highest BCUT2D eigenvalue weighted by molar-refractivity contribution is 8.03. The van der Waals surface area contributed by atoms with E-state index < -0.39 is 9.53 Å². The fourth-order valence-electron chi connectivity index (χ4n) is 5.22. The Hall–Kier alpha value is -1.56. The number of nitriles is 1. The Bertz CT molecular complexity index is 732. The molecule has 0 radical (unpaired) electrons. The van der Waals surface area contributed by atoms with Crippen LogP contribution >= 0.6 is 11.8 Å². The van der Waals surface area contributed by atoms with Crippen LogP contribution in [0.3, 0.4) is 0 Å². The molecule has 266 valence electrons. The van der Waals surface area contributed by atoms with E-state index in [1.807, 2.05) is 5.40 Å². The SMILES string of the molecule is CCCCCCCC/C=C\CCCCCCCC(=O)O[SiH](OCSC#N)OC(=O)CCCCCCC/C=C\CCCCCCCC. The molecule has 0 aliphatic heterocycles. The lowest BCUT2D eigenvalue weighted by Gasteiger charge is -2.15. The van der Waals surface area contributed by atoms with Gasteiger partial charge >= 0.3 is 9.53 Å². The van der Waals surface area contributed by atoms with E-state index >= 15 is 0 Å². The summed E-state index contributed by atoms with van der Waals surface area (Å²) < 4.78 is 16.3. The lowest BCUT2D eigenvalue weighted by Crippen LogP contribution is -2.32. The van der Waals surface area contributed by atoms with E-state index in [-0.39, 0.29) is 17.9 Å². The van der Waals surface area contributed by atoms with Crippen molar-refractivity contribution < 1.29 is 22.9 Å². The van der Waals surface area contributed by atoms with Crippen molar-refractivity contribution in [2.24, 2.45) is 0 Å². The maximum Gasteiger partial charge on any atom is 0.620 e. The van der Waals surface area contributed by atoms with Crippen molar-refractivity contribution in [3.63, 3.8) is 0 Å². The Morgan fingerprint density at radius 1 is 0.543 bits per heavy atom. The van der Waals surface area contributed by atoms with Gasteiger partial charge in [0.15, 0.2) is 0 Å². The van der Waals surface area contributed by atoms with Crippen molar-refractivity contribution >= 4 is 33.2 Å². The molecule has 0 fully saturated rings. The van der Waals surface area contributed by atoms with Crippen LogP contribution in [0.15, 0.2) is 24.3 Å². The van der Waals surface area contributed by atoms with E-state index in [9.17, 15) is 9.59 Å². The van der Waals surface area contributed by atoms with Gasteiger partial charge in [0, 0.05) is 12.8 Å². The number of hydrogen-bond donors (Lipinski definition) is 0. The van der Waals surface area contributed by atoms with Crippen molar-refractivity contribution in [1.82, 2.24) is 0 Å². The van der Waals surface area contributed by atoms with E-state index in [1.165, 1.54) is 103 Å². The van der Waals surface area contributed by atoms with E-state index in [4.69, 9.17) is 18.5 Å². The molecule has 0 unspecified atom stereocenters. The van der Waals surface area contributed by atoms with Crippen LogP contribution in [0.1, 0.15) is 194 Å². The number of thiocyanates is 1. The van der Waals surface area contributed by atoms with Gasteiger partial charge in [-0.3, -0.25) is 9.59 Å². The van der Waals surface area contributed by atoms with Gasteiger partial charge in [-0.25, -0.2) is 0 Å². The smallest absolute Gasteiger partial charge is 0.467 e. The number of thioether (sulfide) groups is 1. The molecule has 0 rings (SSSR count). The second-order valence-electron chi connectivity index (χ2n) is 12.5. The molecule has 0 aromatic rings. The minimum absolute atomic E-state index is 0.0226. The van der Waals surface area contributed by atoms with Gasteiger partial charge in [0.2, 0.25) is 0 Å².